The number of benzene rings is 1. The van der Waals surface area contributed by atoms with Crippen molar-refractivity contribution in [1.82, 2.24) is 0 Å². The van der Waals surface area contributed by atoms with E-state index in [0.717, 1.165) is 10.0 Å². The van der Waals surface area contributed by atoms with Gasteiger partial charge in [-0.15, -0.1) is 0 Å². The molecule has 0 atom stereocenters. The highest BCUT2D eigenvalue weighted by Crippen LogP contribution is 2.30. The highest BCUT2D eigenvalue weighted by Gasteiger charge is 2.01. The van der Waals surface area contributed by atoms with Crippen LogP contribution < -0.4 is 0 Å². The number of rotatable bonds is 0. The summed E-state index contributed by atoms with van der Waals surface area (Å²) in [5, 5.41) is 1.17. The molecule has 0 nitrogen and oxygen atoms in total. The zero-order valence-electron chi connectivity index (χ0n) is 5.29. The van der Waals surface area contributed by atoms with Gasteiger partial charge in [-0.3, -0.25) is 0 Å². The zero-order chi connectivity index (χ0) is 7.72. The van der Waals surface area contributed by atoms with Gasteiger partial charge in [0.2, 0.25) is 0 Å². The van der Waals surface area contributed by atoms with Crippen molar-refractivity contribution in [3.63, 3.8) is 0 Å². The van der Waals surface area contributed by atoms with Gasteiger partial charge in [-0.2, -0.15) is 0 Å². The van der Waals surface area contributed by atoms with Crippen LogP contribution in [0.3, 0.4) is 0 Å². The average Bonchev–Trinajstić information content (AvgIpc) is 1.82. The summed E-state index contributed by atoms with van der Waals surface area (Å²) in [6, 6.07) is 3.75. The molecule has 54 valence electrons. The summed E-state index contributed by atoms with van der Waals surface area (Å²) in [6.45, 7) is 1.97. The van der Waals surface area contributed by atoms with Crippen molar-refractivity contribution >= 4 is 39.1 Å². The Balaban J connectivity index is 3.31. The fraction of sp³-hybridized carbons (Fsp3) is 0.143. The van der Waals surface area contributed by atoms with Crippen LogP contribution in [0.1, 0.15) is 5.56 Å². The Bertz CT molecular complexity index is 235. The lowest BCUT2D eigenvalue weighted by molar-refractivity contribution is 1.45. The van der Waals surface area contributed by atoms with Crippen molar-refractivity contribution in [2.75, 3.05) is 0 Å². The molecule has 0 heterocycles. The van der Waals surface area contributed by atoms with Crippen molar-refractivity contribution in [2.45, 2.75) is 6.92 Å². The second-order valence-corrected chi connectivity index (χ2v) is 3.68. The second-order valence-electron chi connectivity index (χ2n) is 2.04. The predicted molar refractivity (Wildman–Crippen MR) is 48.9 cm³/mol. The third-order valence-electron chi connectivity index (χ3n) is 1.13. The van der Waals surface area contributed by atoms with E-state index in [9.17, 15) is 0 Å². The van der Waals surface area contributed by atoms with Crippen LogP contribution >= 0.6 is 39.1 Å². The van der Waals surface area contributed by atoms with Gasteiger partial charge in [0, 0.05) is 4.47 Å². The van der Waals surface area contributed by atoms with Crippen LogP contribution in [0.25, 0.3) is 0 Å². The highest BCUT2D eigenvalue weighted by molar-refractivity contribution is 9.10. The fourth-order valence-corrected chi connectivity index (χ4v) is 1.75. The maximum atomic E-state index is 5.77. The van der Waals surface area contributed by atoms with E-state index in [4.69, 9.17) is 23.2 Å². The molecule has 3 heteroatoms. The summed E-state index contributed by atoms with van der Waals surface area (Å²) in [5.74, 6) is 0. The quantitative estimate of drug-likeness (QED) is 0.599. The van der Waals surface area contributed by atoms with Gasteiger partial charge in [-0.1, -0.05) is 23.2 Å². The smallest absolute Gasteiger partial charge is 0.0734 e. The van der Waals surface area contributed by atoms with E-state index in [-0.39, 0.29) is 0 Å². The summed E-state index contributed by atoms with van der Waals surface area (Å²) in [4.78, 5) is 0. The molecule has 0 saturated heterocycles. The van der Waals surface area contributed by atoms with Crippen molar-refractivity contribution in [2.24, 2.45) is 0 Å². The van der Waals surface area contributed by atoms with Gasteiger partial charge in [0.15, 0.2) is 0 Å². The van der Waals surface area contributed by atoms with Gasteiger partial charge in [0.05, 0.1) is 10.0 Å². The molecule has 0 N–H and O–H groups in total. The molecule has 1 aromatic rings. The standard InChI is InChI=1S/C7H5BrCl2/c1-4-2-5(8)7(10)6(9)3-4/h2-3H,1H3. The van der Waals surface area contributed by atoms with Crippen molar-refractivity contribution in [3.8, 4) is 0 Å². The Morgan fingerprint density at radius 3 is 2.40 bits per heavy atom. The minimum atomic E-state index is 0.576. The van der Waals surface area contributed by atoms with E-state index in [2.05, 4.69) is 15.9 Å². The summed E-state index contributed by atoms with van der Waals surface area (Å²) in [6.07, 6.45) is 0. The van der Waals surface area contributed by atoms with Crippen LogP contribution in [-0.2, 0) is 0 Å². The Labute approximate surface area is 78.3 Å². The molecule has 0 saturated carbocycles. The molecule has 0 aliphatic heterocycles. The SMILES string of the molecule is Cc1cc(Cl)c(Cl)c(Br)c1. The van der Waals surface area contributed by atoms with Gasteiger partial charge in [0.1, 0.15) is 0 Å². The van der Waals surface area contributed by atoms with Crippen molar-refractivity contribution < 1.29 is 0 Å². The molecule has 0 spiro atoms. The van der Waals surface area contributed by atoms with Crippen LogP contribution in [0.4, 0.5) is 0 Å². The van der Waals surface area contributed by atoms with Crippen molar-refractivity contribution in [3.05, 3.63) is 32.2 Å². The maximum absolute atomic E-state index is 5.77. The van der Waals surface area contributed by atoms with Crippen LogP contribution in [0.15, 0.2) is 16.6 Å². The van der Waals surface area contributed by atoms with E-state index in [1.807, 2.05) is 19.1 Å². The first-order valence-electron chi connectivity index (χ1n) is 2.72. The van der Waals surface area contributed by atoms with Crippen LogP contribution in [-0.4, -0.2) is 0 Å². The Kier molecular flexibility index (Phi) is 2.61. The number of halogens is 3. The lowest BCUT2D eigenvalue weighted by atomic mass is 10.2. The van der Waals surface area contributed by atoms with E-state index in [1.54, 1.807) is 0 Å². The van der Waals surface area contributed by atoms with Crippen LogP contribution in [0, 0.1) is 6.92 Å². The van der Waals surface area contributed by atoms with Gasteiger partial charge < -0.3 is 0 Å². The zero-order valence-corrected chi connectivity index (χ0v) is 8.39. The molecule has 1 rings (SSSR count). The third kappa shape index (κ3) is 1.66. The molecule has 0 bridgehead atoms. The molecule has 0 aliphatic rings. The number of hydrogen-bond acceptors (Lipinski definition) is 0. The summed E-state index contributed by atoms with van der Waals surface area (Å²) < 4.78 is 0.846. The average molecular weight is 240 g/mol. The minimum absolute atomic E-state index is 0.576. The normalized spacial score (nSPS) is 10.0. The predicted octanol–water partition coefficient (Wildman–Crippen LogP) is 4.06. The first-order chi connectivity index (χ1) is 4.61. The summed E-state index contributed by atoms with van der Waals surface area (Å²) >= 11 is 14.8. The number of aryl methyl sites for hydroxylation is 1. The maximum Gasteiger partial charge on any atom is 0.0734 e. The second kappa shape index (κ2) is 3.12. The molecule has 10 heavy (non-hydrogen) atoms. The van der Waals surface area contributed by atoms with Gasteiger partial charge in [-0.05, 0) is 40.5 Å². The Morgan fingerprint density at radius 2 is 1.90 bits per heavy atom. The molecule has 0 unspecified atom stereocenters. The van der Waals surface area contributed by atoms with Crippen LogP contribution in [0.2, 0.25) is 10.0 Å². The lowest BCUT2D eigenvalue weighted by Gasteiger charge is -1.99. The first kappa shape index (κ1) is 8.38. The molecule has 1 aromatic carbocycles. The Morgan fingerprint density at radius 1 is 1.30 bits per heavy atom. The molecular weight excluding hydrogens is 235 g/mol. The molecule has 0 fully saturated rings. The summed E-state index contributed by atoms with van der Waals surface area (Å²) in [5.41, 5.74) is 1.10. The van der Waals surface area contributed by atoms with E-state index in [0.29, 0.717) is 10.0 Å². The van der Waals surface area contributed by atoms with E-state index in [1.165, 1.54) is 0 Å². The largest absolute Gasteiger partial charge is 0.0827 e. The van der Waals surface area contributed by atoms with Gasteiger partial charge >= 0.3 is 0 Å². The molecular formula is C7H5BrCl2. The van der Waals surface area contributed by atoms with Crippen LogP contribution in [0.5, 0.6) is 0 Å². The minimum Gasteiger partial charge on any atom is -0.0827 e. The topological polar surface area (TPSA) is 0 Å². The third-order valence-corrected chi connectivity index (χ3v) is 2.78. The molecule has 0 radical (unpaired) electrons. The number of hydrogen-bond donors (Lipinski definition) is 0. The molecule has 0 aromatic heterocycles. The van der Waals surface area contributed by atoms with E-state index >= 15 is 0 Å². The van der Waals surface area contributed by atoms with Gasteiger partial charge in [-0.25, -0.2) is 0 Å². The molecule has 0 aliphatic carbocycles. The monoisotopic (exact) mass is 238 g/mol. The fourth-order valence-electron chi connectivity index (χ4n) is 0.682. The summed E-state index contributed by atoms with van der Waals surface area (Å²) in [7, 11) is 0. The van der Waals surface area contributed by atoms with E-state index < -0.39 is 0 Å². The van der Waals surface area contributed by atoms with Crippen molar-refractivity contribution in [1.29, 1.82) is 0 Å². The lowest BCUT2D eigenvalue weighted by Crippen LogP contribution is -1.75. The highest BCUT2D eigenvalue weighted by atomic mass is 79.9. The first-order valence-corrected chi connectivity index (χ1v) is 4.27. The van der Waals surface area contributed by atoms with Gasteiger partial charge in [0.25, 0.3) is 0 Å². The Hall–Kier alpha value is 0.280. The molecule has 0 amide bonds.